The summed E-state index contributed by atoms with van der Waals surface area (Å²) >= 11 is 0. The van der Waals surface area contributed by atoms with Gasteiger partial charge in [0.1, 0.15) is 30.5 Å². The summed E-state index contributed by atoms with van der Waals surface area (Å²) in [6.45, 7) is 3.24. The summed E-state index contributed by atoms with van der Waals surface area (Å²) in [5.41, 5.74) is 2.76. The number of allylic oxidation sites excluding steroid dienone is 1. The standard InChI is InChI=1S/C21H30O9/c1-8-11-4-3-10(7-28-21-18(26)17(25)16(24)14(6-22)29-21)15(11)19-12(5-13(8)23)9(2)20(27)30-19/h3,9,12-19,21-26H,4-7H2,1-2H3/t9-,12+,13+,14+,15-,16+,17-,18+,19-,21+/m0/s1. The van der Waals surface area contributed by atoms with Crippen molar-refractivity contribution in [3.8, 4) is 0 Å². The molecule has 4 aliphatic rings. The number of rotatable bonds is 4. The molecule has 9 nitrogen and oxygen atoms in total. The summed E-state index contributed by atoms with van der Waals surface area (Å²) < 4.78 is 16.9. The first-order chi connectivity index (χ1) is 14.2. The molecule has 30 heavy (non-hydrogen) atoms. The van der Waals surface area contributed by atoms with Gasteiger partial charge < -0.3 is 39.7 Å². The zero-order valence-corrected chi connectivity index (χ0v) is 17.0. The summed E-state index contributed by atoms with van der Waals surface area (Å²) in [6.07, 6.45) is -4.68. The molecular weight excluding hydrogens is 396 g/mol. The number of carbonyl (C=O) groups is 1. The lowest BCUT2D eigenvalue weighted by Gasteiger charge is -2.39. The molecule has 10 atom stereocenters. The van der Waals surface area contributed by atoms with Crippen molar-refractivity contribution in [3.05, 3.63) is 22.8 Å². The molecule has 0 spiro atoms. The Bertz CT molecular complexity index is 745. The molecular formula is C21H30O9. The van der Waals surface area contributed by atoms with Crippen molar-refractivity contribution < 1.29 is 44.5 Å². The predicted octanol–water partition coefficient (Wildman–Crippen LogP) is -0.992. The minimum absolute atomic E-state index is 0.0510. The Balaban J connectivity index is 1.52. The van der Waals surface area contributed by atoms with Crippen molar-refractivity contribution in [3.63, 3.8) is 0 Å². The fourth-order valence-electron chi connectivity index (χ4n) is 5.16. The van der Waals surface area contributed by atoms with Crippen LogP contribution in [-0.4, -0.2) is 87.6 Å². The lowest BCUT2D eigenvalue weighted by atomic mass is 9.80. The van der Waals surface area contributed by atoms with E-state index < -0.39 is 43.4 Å². The average molecular weight is 426 g/mol. The molecule has 2 aliphatic heterocycles. The second-order valence-corrected chi connectivity index (χ2v) is 8.78. The second kappa shape index (κ2) is 8.31. The Hall–Kier alpha value is -1.33. The normalized spacial score (nSPS) is 46.2. The first-order valence-electron chi connectivity index (χ1n) is 10.4. The number of fused-ring (bicyclic) bond motifs is 3. The molecule has 5 N–H and O–H groups in total. The van der Waals surface area contributed by atoms with Crippen LogP contribution in [0.15, 0.2) is 22.8 Å². The summed E-state index contributed by atoms with van der Waals surface area (Å²) in [5, 5.41) is 50.0. The van der Waals surface area contributed by atoms with Crippen molar-refractivity contribution in [1.29, 1.82) is 0 Å². The maximum Gasteiger partial charge on any atom is 0.309 e. The maximum absolute atomic E-state index is 12.2. The van der Waals surface area contributed by atoms with Crippen LogP contribution in [0, 0.1) is 17.8 Å². The van der Waals surface area contributed by atoms with Crippen molar-refractivity contribution in [2.45, 2.75) is 69.6 Å². The Morgan fingerprint density at radius 3 is 2.60 bits per heavy atom. The van der Waals surface area contributed by atoms with Crippen LogP contribution in [0.1, 0.15) is 26.7 Å². The van der Waals surface area contributed by atoms with Crippen molar-refractivity contribution >= 4 is 5.97 Å². The topological polar surface area (TPSA) is 146 Å². The molecule has 168 valence electrons. The van der Waals surface area contributed by atoms with Gasteiger partial charge in [0.25, 0.3) is 0 Å². The van der Waals surface area contributed by atoms with Gasteiger partial charge in [0, 0.05) is 11.8 Å². The minimum atomic E-state index is -1.51. The lowest BCUT2D eigenvalue weighted by molar-refractivity contribution is -0.299. The van der Waals surface area contributed by atoms with Crippen LogP contribution in [0.4, 0.5) is 0 Å². The van der Waals surface area contributed by atoms with Gasteiger partial charge in [-0.15, -0.1) is 0 Å². The fourth-order valence-corrected chi connectivity index (χ4v) is 5.16. The largest absolute Gasteiger partial charge is 0.461 e. The van der Waals surface area contributed by atoms with Crippen molar-refractivity contribution in [2.24, 2.45) is 17.8 Å². The van der Waals surface area contributed by atoms with Gasteiger partial charge in [-0.2, -0.15) is 0 Å². The van der Waals surface area contributed by atoms with E-state index in [0.717, 1.165) is 16.7 Å². The number of hydrogen-bond acceptors (Lipinski definition) is 9. The summed E-state index contributed by atoms with van der Waals surface area (Å²) in [7, 11) is 0. The number of hydrogen-bond donors (Lipinski definition) is 5. The molecule has 0 aromatic carbocycles. The van der Waals surface area contributed by atoms with E-state index in [0.29, 0.717) is 12.8 Å². The van der Waals surface area contributed by atoms with E-state index in [1.54, 1.807) is 0 Å². The van der Waals surface area contributed by atoms with Gasteiger partial charge in [0.15, 0.2) is 6.29 Å². The van der Waals surface area contributed by atoms with Crippen molar-refractivity contribution in [1.82, 2.24) is 0 Å². The molecule has 0 aromatic rings. The van der Waals surface area contributed by atoms with Gasteiger partial charge >= 0.3 is 5.97 Å². The third-order valence-corrected chi connectivity index (χ3v) is 7.14. The number of aliphatic hydroxyl groups excluding tert-OH is 5. The van der Waals surface area contributed by atoms with Crippen LogP contribution < -0.4 is 0 Å². The van der Waals surface area contributed by atoms with Gasteiger partial charge in [-0.1, -0.05) is 18.6 Å². The highest BCUT2D eigenvalue weighted by molar-refractivity contribution is 5.75. The number of aliphatic hydroxyl groups is 5. The average Bonchev–Trinajstić information content (AvgIpc) is 3.24. The Labute approximate surface area is 174 Å². The van der Waals surface area contributed by atoms with E-state index in [1.807, 2.05) is 19.9 Å². The summed E-state index contributed by atoms with van der Waals surface area (Å²) in [5.74, 6) is -0.896. The van der Waals surface area contributed by atoms with Crippen LogP contribution in [0.25, 0.3) is 0 Å². The van der Waals surface area contributed by atoms with Crippen LogP contribution in [0.5, 0.6) is 0 Å². The molecule has 2 fully saturated rings. The van der Waals surface area contributed by atoms with E-state index >= 15 is 0 Å². The SMILES string of the molecule is CC1=C2CC=C(CO[C@@H]3O[C@H](CO)[C@@H](O)[C@H](O)[C@H]3O)[C@@H]2[C@H]2OC(=O)[C@@H](C)[C@H]2C[C@H]1O. The summed E-state index contributed by atoms with van der Waals surface area (Å²) in [6, 6.07) is 0. The molecule has 0 unspecified atom stereocenters. The van der Waals surface area contributed by atoms with Gasteiger partial charge in [-0.3, -0.25) is 4.79 Å². The number of carbonyl (C=O) groups excluding carboxylic acids is 1. The molecule has 2 saturated heterocycles. The van der Waals surface area contributed by atoms with E-state index in [2.05, 4.69) is 0 Å². The Morgan fingerprint density at radius 1 is 1.17 bits per heavy atom. The lowest BCUT2D eigenvalue weighted by Crippen LogP contribution is -2.59. The monoisotopic (exact) mass is 426 g/mol. The third-order valence-electron chi connectivity index (χ3n) is 7.14. The number of ether oxygens (including phenoxy) is 3. The second-order valence-electron chi connectivity index (χ2n) is 8.78. The van der Waals surface area contributed by atoms with Crippen LogP contribution in [-0.2, 0) is 19.0 Å². The summed E-state index contributed by atoms with van der Waals surface area (Å²) in [4.78, 5) is 12.2. The van der Waals surface area contributed by atoms with Gasteiger partial charge in [-0.05, 0) is 30.9 Å². The van der Waals surface area contributed by atoms with Gasteiger partial charge in [-0.25, -0.2) is 0 Å². The van der Waals surface area contributed by atoms with E-state index in [-0.39, 0.29) is 36.4 Å². The van der Waals surface area contributed by atoms with E-state index in [9.17, 15) is 30.3 Å². The Morgan fingerprint density at radius 2 is 1.90 bits per heavy atom. The molecule has 2 aliphatic carbocycles. The first kappa shape index (κ1) is 21.9. The molecule has 4 rings (SSSR count). The van der Waals surface area contributed by atoms with Crippen LogP contribution in [0.2, 0.25) is 0 Å². The predicted molar refractivity (Wildman–Crippen MR) is 102 cm³/mol. The molecule has 0 saturated carbocycles. The Kier molecular flexibility index (Phi) is 6.06. The molecule has 0 radical (unpaired) electrons. The third kappa shape index (κ3) is 3.52. The first-order valence-corrected chi connectivity index (χ1v) is 10.4. The number of esters is 1. The highest BCUT2D eigenvalue weighted by Gasteiger charge is 2.51. The minimum Gasteiger partial charge on any atom is -0.461 e. The highest BCUT2D eigenvalue weighted by atomic mass is 16.7. The van der Waals surface area contributed by atoms with Gasteiger partial charge in [0.2, 0.25) is 0 Å². The van der Waals surface area contributed by atoms with E-state index in [1.165, 1.54) is 0 Å². The highest BCUT2D eigenvalue weighted by Crippen LogP contribution is 2.49. The zero-order chi connectivity index (χ0) is 21.7. The molecule has 0 bridgehead atoms. The van der Waals surface area contributed by atoms with Crippen LogP contribution in [0.3, 0.4) is 0 Å². The molecule has 0 aromatic heterocycles. The quantitative estimate of drug-likeness (QED) is 0.282. The molecule has 0 amide bonds. The van der Waals surface area contributed by atoms with E-state index in [4.69, 9.17) is 14.2 Å². The molecule has 2 heterocycles. The van der Waals surface area contributed by atoms with Crippen LogP contribution >= 0.6 is 0 Å². The fraction of sp³-hybridized carbons (Fsp3) is 0.762. The zero-order valence-electron chi connectivity index (χ0n) is 17.0. The van der Waals surface area contributed by atoms with Crippen molar-refractivity contribution in [2.75, 3.05) is 13.2 Å². The molecule has 9 heteroatoms. The maximum atomic E-state index is 12.2. The smallest absolute Gasteiger partial charge is 0.309 e. The van der Waals surface area contributed by atoms with Gasteiger partial charge in [0.05, 0.1) is 25.2 Å².